The van der Waals surface area contributed by atoms with E-state index in [0.717, 1.165) is 0 Å². The smallest absolute Gasteiger partial charge is 0.276 e. The molecule has 21 heavy (non-hydrogen) atoms. The Morgan fingerprint density at radius 2 is 2.05 bits per heavy atom. The van der Waals surface area contributed by atoms with Crippen LogP contribution in [0.1, 0.15) is 12.5 Å². The number of aromatic hydroxyl groups is 1. The highest BCUT2D eigenvalue weighted by molar-refractivity contribution is 7.80. The molecule has 1 aromatic rings. The van der Waals surface area contributed by atoms with Gasteiger partial charge in [-0.2, -0.15) is 0 Å². The van der Waals surface area contributed by atoms with E-state index in [2.05, 4.69) is 0 Å². The van der Waals surface area contributed by atoms with Crippen molar-refractivity contribution >= 4 is 40.9 Å². The van der Waals surface area contributed by atoms with Crippen LogP contribution in [0.2, 0.25) is 5.02 Å². The number of benzene rings is 1. The van der Waals surface area contributed by atoms with E-state index in [-0.39, 0.29) is 22.4 Å². The first-order valence-electron chi connectivity index (χ1n) is 6.29. The van der Waals surface area contributed by atoms with Gasteiger partial charge in [-0.25, -0.2) is 0 Å². The first-order chi connectivity index (χ1) is 9.86. The van der Waals surface area contributed by atoms with E-state index in [0.29, 0.717) is 23.0 Å². The lowest BCUT2D eigenvalue weighted by Crippen LogP contribution is -2.26. The lowest BCUT2D eigenvalue weighted by Gasteiger charge is -2.12. The molecule has 1 aliphatic heterocycles. The summed E-state index contributed by atoms with van der Waals surface area (Å²) in [4.78, 5) is 15.1. The Bertz CT molecular complexity index is 645. The fourth-order valence-electron chi connectivity index (χ4n) is 1.99. The largest absolute Gasteiger partial charge is 0.503 e. The van der Waals surface area contributed by atoms with E-state index in [1.165, 1.54) is 4.90 Å². The lowest BCUT2D eigenvalue weighted by atomic mass is 10.1. The van der Waals surface area contributed by atoms with Crippen LogP contribution in [0.25, 0.3) is 6.08 Å². The quantitative estimate of drug-likeness (QED) is 0.683. The fourth-order valence-corrected chi connectivity index (χ4v) is 2.39. The SMILES string of the molecule is CCOc1cc(C=C2C(=O)N(C)C(=S)N2C)cc(Cl)c1O. The number of carbonyl (C=O) groups is 1. The summed E-state index contributed by atoms with van der Waals surface area (Å²) in [6.45, 7) is 2.20. The first-order valence-corrected chi connectivity index (χ1v) is 7.08. The van der Waals surface area contributed by atoms with Crippen LogP contribution in [0.5, 0.6) is 11.5 Å². The third-order valence-corrected chi connectivity index (χ3v) is 3.95. The second-order valence-corrected chi connectivity index (χ2v) is 5.29. The number of carbonyl (C=O) groups excluding carboxylic acids is 1. The predicted molar refractivity (Wildman–Crippen MR) is 85.4 cm³/mol. The highest BCUT2D eigenvalue weighted by Gasteiger charge is 2.32. The van der Waals surface area contributed by atoms with Gasteiger partial charge in [-0.05, 0) is 42.9 Å². The van der Waals surface area contributed by atoms with Gasteiger partial charge in [-0.3, -0.25) is 9.69 Å². The van der Waals surface area contributed by atoms with Crippen molar-refractivity contribution in [3.63, 3.8) is 0 Å². The number of thiocarbonyl (C=S) groups is 1. The van der Waals surface area contributed by atoms with Gasteiger partial charge in [-0.1, -0.05) is 11.6 Å². The number of phenols is 1. The summed E-state index contributed by atoms with van der Waals surface area (Å²) in [7, 11) is 3.35. The van der Waals surface area contributed by atoms with Crippen LogP contribution in [0, 0.1) is 0 Å². The molecule has 0 unspecified atom stereocenters. The average molecular weight is 327 g/mol. The molecule has 112 valence electrons. The standard InChI is InChI=1S/C14H15ClN2O3S/c1-4-20-11-7-8(5-9(15)12(11)18)6-10-13(19)17(3)14(21)16(10)2/h5-7,18H,4H2,1-3H3. The van der Waals surface area contributed by atoms with Crippen molar-refractivity contribution < 1.29 is 14.6 Å². The van der Waals surface area contributed by atoms with Gasteiger partial charge in [0.15, 0.2) is 16.6 Å². The van der Waals surface area contributed by atoms with Crippen molar-refractivity contribution in [3.8, 4) is 11.5 Å². The summed E-state index contributed by atoms with van der Waals surface area (Å²) in [5, 5.41) is 10.4. The molecule has 0 radical (unpaired) electrons. The van der Waals surface area contributed by atoms with E-state index in [9.17, 15) is 9.90 Å². The van der Waals surface area contributed by atoms with E-state index in [1.807, 2.05) is 0 Å². The molecule has 1 aliphatic rings. The summed E-state index contributed by atoms with van der Waals surface area (Å²) >= 11 is 11.1. The minimum absolute atomic E-state index is 0.112. The summed E-state index contributed by atoms with van der Waals surface area (Å²) in [6, 6.07) is 3.19. The average Bonchev–Trinajstić information content (AvgIpc) is 2.62. The van der Waals surface area contributed by atoms with E-state index >= 15 is 0 Å². The summed E-state index contributed by atoms with van der Waals surface area (Å²) < 4.78 is 5.32. The molecule has 1 heterocycles. The molecule has 0 bridgehead atoms. The van der Waals surface area contributed by atoms with Gasteiger partial charge in [0.25, 0.3) is 5.91 Å². The monoisotopic (exact) mass is 326 g/mol. The second kappa shape index (κ2) is 5.91. The van der Waals surface area contributed by atoms with Gasteiger partial charge >= 0.3 is 0 Å². The molecule has 0 saturated carbocycles. The molecule has 1 N–H and O–H groups in total. The van der Waals surface area contributed by atoms with E-state index in [1.54, 1.807) is 44.1 Å². The van der Waals surface area contributed by atoms with Crippen LogP contribution in [0.15, 0.2) is 17.8 Å². The zero-order valence-electron chi connectivity index (χ0n) is 11.9. The van der Waals surface area contributed by atoms with Crippen molar-refractivity contribution in [2.24, 2.45) is 0 Å². The Morgan fingerprint density at radius 3 is 2.57 bits per heavy atom. The number of hydrogen-bond acceptors (Lipinski definition) is 4. The van der Waals surface area contributed by atoms with Crippen molar-refractivity contribution in [2.45, 2.75) is 6.92 Å². The van der Waals surface area contributed by atoms with Crippen LogP contribution in [0.3, 0.4) is 0 Å². The van der Waals surface area contributed by atoms with Crippen molar-refractivity contribution in [3.05, 3.63) is 28.4 Å². The van der Waals surface area contributed by atoms with E-state index < -0.39 is 0 Å². The molecule has 0 spiro atoms. The zero-order valence-corrected chi connectivity index (χ0v) is 13.5. The zero-order chi connectivity index (χ0) is 15.7. The van der Waals surface area contributed by atoms with Gasteiger partial charge in [0.1, 0.15) is 5.70 Å². The number of phenolic OH excluding ortho intramolecular Hbond substituents is 1. The molecule has 7 heteroatoms. The Hall–Kier alpha value is -1.79. The summed E-state index contributed by atoms with van der Waals surface area (Å²) in [6.07, 6.45) is 1.66. The van der Waals surface area contributed by atoms with Gasteiger partial charge in [0.2, 0.25) is 0 Å². The fraction of sp³-hybridized carbons (Fsp3) is 0.286. The molecule has 2 rings (SSSR count). The minimum atomic E-state index is -0.190. The maximum Gasteiger partial charge on any atom is 0.276 e. The highest BCUT2D eigenvalue weighted by Crippen LogP contribution is 2.36. The maximum absolute atomic E-state index is 12.1. The molecule has 1 aromatic carbocycles. The number of ether oxygens (including phenoxy) is 1. The number of amides is 1. The summed E-state index contributed by atoms with van der Waals surface area (Å²) in [5.41, 5.74) is 1.08. The van der Waals surface area contributed by atoms with Gasteiger partial charge in [-0.15, -0.1) is 0 Å². The number of rotatable bonds is 3. The molecule has 0 aliphatic carbocycles. The van der Waals surface area contributed by atoms with Crippen LogP contribution in [-0.2, 0) is 4.79 Å². The number of hydrogen-bond donors (Lipinski definition) is 1. The molecule has 1 saturated heterocycles. The maximum atomic E-state index is 12.1. The first kappa shape index (κ1) is 15.6. The third kappa shape index (κ3) is 2.82. The molecule has 1 amide bonds. The predicted octanol–water partition coefficient (Wildman–Crippen LogP) is 2.47. The Labute approximate surface area is 133 Å². The van der Waals surface area contributed by atoms with E-state index in [4.69, 9.17) is 28.6 Å². The molecule has 0 aromatic heterocycles. The second-order valence-electron chi connectivity index (χ2n) is 4.52. The third-order valence-electron chi connectivity index (χ3n) is 3.11. The lowest BCUT2D eigenvalue weighted by molar-refractivity contribution is -0.121. The van der Waals surface area contributed by atoms with Crippen LogP contribution >= 0.6 is 23.8 Å². The van der Waals surface area contributed by atoms with Crippen LogP contribution in [0.4, 0.5) is 0 Å². The molecule has 1 fully saturated rings. The number of nitrogens with zero attached hydrogens (tertiary/aromatic N) is 2. The number of halogens is 1. The van der Waals surface area contributed by atoms with Crippen LogP contribution in [-0.4, -0.2) is 46.6 Å². The molecule has 5 nitrogen and oxygen atoms in total. The number of likely N-dealkylation sites (N-methyl/N-ethyl adjacent to an activating group) is 2. The van der Waals surface area contributed by atoms with Gasteiger partial charge in [0, 0.05) is 14.1 Å². The van der Waals surface area contributed by atoms with Crippen molar-refractivity contribution in [1.82, 2.24) is 9.80 Å². The molecular weight excluding hydrogens is 312 g/mol. The Balaban J connectivity index is 2.46. The van der Waals surface area contributed by atoms with Crippen molar-refractivity contribution in [1.29, 1.82) is 0 Å². The topological polar surface area (TPSA) is 53.0 Å². The summed E-state index contributed by atoms with van der Waals surface area (Å²) in [5.74, 6) is -0.0232. The highest BCUT2D eigenvalue weighted by atomic mass is 35.5. The van der Waals surface area contributed by atoms with Gasteiger partial charge < -0.3 is 14.7 Å². The van der Waals surface area contributed by atoms with Gasteiger partial charge in [0.05, 0.1) is 11.6 Å². The van der Waals surface area contributed by atoms with Crippen molar-refractivity contribution in [2.75, 3.05) is 20.7 Å². The van der Waals surface area contributed by atoms with Crippen LogP contribution < -0.4 is 4.74 Å². The molecule has 0 atom stereocenters. The normalized spacial score (nSPS) is 17.0. The molecular formula is C14H15ClN2O3S. The Morgan fingerprint density at radius 1 is 1.38 bits per heavy atom. The Kier molecular flexibility index (Phi) is 4.39. The minimum Gasteiger partial charge on any atom is -0.503 e.